The first-order valence-corrected chi connectivity index (χ1v) is 6.39. The van der Waals surface area contributed by atoms with Crippen LogP contribution in [-0.4, -0.2) is 25.7 Å². The maximum absolute atomic E-state index is 10.9. The van der Waals surface area contributed by atoms with Crippen molar-refractivity contribution in [3.8, 4) is 0 Å². The van der Waals surface area contributed by atoms with Crippen molar-refractivity contribution in [1.29, 1.82) is 0 Å². The summed E-state index contributed by atoms with van der Waals surface area (Å²) in [5.41, 5.74) is 2.07. The SMILES string of the molecule is CC(=O)Nc1ccc(CNCC2CCOC2)cc1. The molecule has 1 unspecified atom stereocenters. The number of amides is 1. The van der Waals surface area contributed by atoms with Gasteiger partial charge in [0.25, 0.3) is 0 Å². The number of nitrogens with one attached hydrogen (secondary N) is 2. The lowest BCUT2D eigenvalue weighted by molar-refractivity contribution is -0.114. The van der Waals surface area contributed by atoms with Crippen molar-refractivity contribution < 1.29 is 9.53 Å². The third kappa shape index (κ3) is 4.13. The average molecular weight is 248 g/mol. The van der Waals surface area contributed by atoms with Crippen molar-refractivity contribution in [2.24, 2.45) is 5.92 Å². The molecule has 4 nitrogen and oxygen atoms in total. The Labute approximate surface area is 108 Å². The van der Waals surface area contributed by atoms with Crippen LogP contribution in [0.25, 0.3) is 0 Å². The van der Waals surface area contributed by atoms with E-state index in [0.717, 1.165) is 38.4 Å². The van der Waals surface area contributed by atoms with Gasteiger partial charge in [-0.2, -0.15) is 0 Å². The fourth-order valence-electron chi connectivity index (χ4n) is 2.07. The zero-order valence-corrected chi connectivity index (χ0v) is 10.7. The van der Waals surface area contributed by atoms with Gasteiger partial charge in [0.05, 0.1) is 6.61 Å². The summed E-state index contributed by atoms with van der Waals surface area (Å²) in [5, 5.41) is 6.19. The molecular weight excluding hydrogens is 228 g/mol. The molecule has 98 valence electrons. The van der Waals surface area contributed by atoms with Crippen LogP contribution in [0.2, 0.25) is 0 Å². The Morgan fingerprint density at radius 2 is 2.17 bits per heavy atom. The number of carbonyl (C=O) groups is 1. The Morgan fingerprint density at radius 3 is 2.78 bits per heavy atom. The van der Waals surface area contributed by atoms with Gasteiger partial charge in [-0.15, -0.1) is 0 Å². The predicted octanol–water partition coefficient (Wildman–Crippen LogP) is 1.77. The predicted molar refractivity (Wildman–Crippen MR) is 71.4 cm³/mol. The van der Waals surface area contributed by atoms with Crippen molar-refractivity contribution in [3.05, 3.63) is 29.8 Å². The third-order valence-electron chi connectivity index (χ3n) is 3.06. The molecule has 4 heteroatoms. The van der Waals surface area contributed by atoms with Crippen LogP contribution in [0, 0.1) is 5.92 Å². The van der Waals surface area contributed by atoms with Crippen LogP contribution in [0.4, 0.5) is 5.69 Å². The first kappa shape index (κ1) is 13.1. The summed E-state index contributed by atoms with van der Waals surface area (Å²) >= 11 is 0. The fraction of sp³-hybridized carbons (Fsp3) is 0.500. The molecule has 0 radical (unpaired) electrons. The van der Waals surface area contributed by atoms with E-state index < -0.39 is 0 Å². The van der Waals surface area contributed by atoms with E-state index in [2.05, 4.69) is 10.6 Å². The first-order chi connectivity index (χ1) is 8.74. The smallest absolute Gasteiger partial charge is 0.221 e. The van der Waals surface area contributed by atoms with Gasteiger partial charge in [0.15, 0.2) is 0 Å². The molecule has 1 heterocycles. The van der Waals surface area contributed by atoms with Crippen molar-refractivity contribution in [3.63, 3.8) is 0 Å². The molecule has 2 N–H and O–H groups in total. The second-order valence-electron chi connectivity index (χ2n) is 4.74. The lowest BCUT2D eigenvalue weighted by Gasteiger charge is -2.10. The van der Waals surface area contributed by atoms with Crippen LogP contribution in [0.1, 0.15) is 18.9 Å². The summed E-state index contributed by atoms with van der Waals surface area (Å²) in [6, 6.07) is 7.92. The van der Waals surface area contributed by atoms with Gasteiger partial charge in [-0.25, -0.2) is 0 Å². The van der Waals surface area contributed by atoms with E-state index >= 15 is 0 Å². The molecule has 0 bridgehead atoms. The van der Waals surface area contributed by atoms with Crippen LogP contribution >= 0.6 is 0 Å². The topological polar surface area (TPSA) is 50.4 Å². The molecule has 2 rings (SSSR count). The van der Waals surface area contributed by atoms with Crippen molar-refractivity contribution in [2.75, 3.05) is 25.1 Å². The van der Waals surface area contributed by atoms with E-state index in [9.17, 15) is 4.79 Å². The summed E-state index contributed by atoms with van der Waals surface area (Å²) in [5.74, 6) is 0.616. The molecule has 1 saturated heterocycles. The fourth-order valence-corrected chi connectivity index (χ4v) is 2.07. The van der Waals surface area contributed by atoms with Crippen LogP contribution in [-0.2, 0) is 16.1 Å². The van der Waals surface area contributed by atoms with Crippen LogP contribution < -0.4 is 10.6 Å². The summed E-state index contributed by atoms with van der Waals surface area (Å²) in [6.45, 7) is 5.16. The lowest BCUT2D eigenvalue weighted by atomic mass is 10.1. The van der Waals surface area contributed by atoms with Gasteiger partial charge in [0, 0.05) is 32.3 Å². The van der Waals surface area contributed by atoms with E-state index in [-0.39, 0.29) is 5.91 Å². The molecule has 1 amide bonds. The molecule has 18 heavy (non-hydrogen) atoms. The van der Waals surface area contributed by atoms with Crippen LogP contribution in [0.3, 0.4) is 0 Å². The minimum atomic E-state index is -0.0397. The summed E-state index contributed by atoms with van der Waals surface area (Å²) < 4.78 is 5.33. The van der Waals surface area contributed by atoms with Gasteiger partial charge in [-0.05, 0) is 30.0 Å². The summed E-state index contributed by atoms with van der Waals surface area (Å²) in [7, 11) is 0. The van der Waals surface area contributed by atoms with Crippen molar-refractivity contribution >= 4 is 11.6 Å². The minimum Gasteiger partial charge on any atom is -0.381 e. The molecule has 1 aliphatic rings. The van der Waals surface area contributed by atoms with Gasteiger partial charge < -0.3 is 15.4 Å². The van der Waals surface area contributed by atoms with Crippen LogP contribution in [0.15, 0.2) is 24.3 Å². The van der Waals surface area contributed by atoms with E-state index in [4.69, 9.17) is 4.74 Å². The quantitative estimate of drug-likeness (QED) is 0.835. The molecule has 0 aromatic heterocycles. The molecule has 1 aromatic rings. The number of benzene rings is 1. The Morgan fingerprint density at radius 1 is 1.39 bits per heavy atom. The maximum Gasteiger partial charge on any atom is 0.221 e. The molecule has 0 spiro atoms. The van der Waals surface area contributed by atoms with E-state index in [1.54, 1.807) is 0 Å². The van der Waals surface area contributed by atoms with E-state index in [0.29, 0.717) is 5.92 Å². The highest BCUT2D eigenvalue weighted by Crippen LogP contribution is 2.12. The molecular formula is C14H20N2O2. The summed E-state index contributed by atoms with van der Waals surface area (Å²) in [4.78, 5) is 10.9. The zero-order chi connectivity index (χ0) is 12.8. The Kier molecular flexibility index (Phi) is 4.73. The standard InChI is InChI=1S/C14H20N2O2/c1-11(17)16-14-4-2-12(3-5-14)8-15-9-13-6-7-18-10-13/h2-5,13,15H,6-10H2,1H3,(H,16,17). The number of carbonyl (C=O) groups excluding carboxylic acids is 1. The first-order valence-electron chi connectivity index (χ1n) is 6.39. The number of ether oxygens (including phenoxy) is 1. The molecule has 1 aliphatic heterocycles. The monoisotopic (exact) mass is 248 g/mol. The van der Waals surface area contributed by atoms with E-state index in [1.807, 2.05) is 24.3 Å². The molecule has 1 aromatic carbocycles. The highest BCUT2D eigenvalue weighted by atomic mass is 16.5. The van der Waals surface area contributed by atoms with Crippen LogP contribution in [0.5, 0.6) is 0 Å². The minimum absolute atomic E-state index is 0.0397. The second kappa shape index (κ2) is 6.52. The molecule has 1 fully saturated rings. The zero-order valence-electron chi connectivity index (χ0n) is 10.7. The third-order valence-corrected chi connectivity index (χ3v) is 3.06. The Hall–Kier alpha value is -1.39. The number of hydrogen-bond acceptors (Lipinski definition) is 3. The van der Waals surface area contributed by atoms with Gasteiger partial charge in [0.2, 0.25) is 5.91 Å². The van der Waals surface area contributed by atoms with Gasteiger partial charge in [0.1, 0.15) is 0 Å². The largest absolute Gasteiger partial charge is 0.381 e. The number of anilines is 1. The maximum atomic E-state index is 10.9. The summed E-state index contributed by atoms with van der Waals surface area (Å²) in [6.07, 6.45) is 1.16. The van der Waals surface area contributed by atoms with Gasteiger partial charge >= 0.3 is 0 Å². The van der Waals surface area contributed by atoms with Gasteiger partial charge in [-0.3, -0.25) is 4.79 Å². The lowest BCUT2D eigenvalue weighted by Crippen LogP contribution is -2.22. The van der Waals surface area contributed by atoms with E-state index in [1.165, 1.54) is 12.5 Å². The number of rotatable bonds is 5. The highest BCUT2D eigenvalue weighted by molar-refractivity contribution is 5.88. The molecule has 1 atom stereocenters. The second-order valence-corrected chi connectivity index (χ2v) is 4.74. The molecule has 0 saturated carbocycles. The van der Waals surface area contributed by atoms with Gasteiger partial charge in [-0.1, -0.05) is 12.1 Å². The normalized spacial score (nSPS) is 18.8. The Balaban J connectivity index is 1.73. The van der Waals surface area contributed by atoms with Crippen molar-refractivity contribution in [1.82, 2.24) is 5.32 Å². The molecule has 0 aliphatic carbocycles. The highest BCUT2D eigenvalue weighted by Gasteiger charge is 2.14. The number of hydrogen-bond donors (Lipinski definition) is 2. The average Bonchev–Trinajstić information content (AvgIpc) is 2.84. The van der Waals surface area contributed by atoms with Crippen molar-refractivity contribution in [2.45, 2.75) is 19.9 Å². The Bertz CT molecular complexity index is 383.